The van der Waals surface area contributed by atoms with Crippen LogP contribution in [0.3, 0.4) is 0 Å². The van der Waals surface area contributed by atoms with Gasteiger partial charge in [0, 0.05) is 0 Å². The summed E-state index contributed by atoms with van der Waals surface area (Å²) in [6, 6.07) is 0. The summed E-state index contributed by atoms with van der Waals surface area (Å²) >= 11 is 0. The molecule has 0 spiro atoms. The third-order valence-corrected chi connectivity index (χ3v) is 5.29. The van der Waals surface area contributed by atoms with E-state index < -0.39 is 10.1 Å². The molecule has 0 N–H and O–H groups in total. The van der Waals surface area contributed by atoms with Crippen molar-refractivity contribution >= 4 is 16.1 Å². The van der Waals surface area contributed by atoms with E-state index in [-0.39, 0.29) is 29.7 Å². The lowest BCUT2D eigenvalue weighted by Gasteiger charge is -2.36. The predicted octanol–water partition coefficient (Wildman–Crippen LogP) is 2.36. The fourth-order valence-corrected chi connectivity index (χ4v) is 3.09. The van der Waals surface area contributed by atoms with Gasteiger partial charge < -0.3 is 4.74 Å². The molecule has 0 heterocycles. The van der Waals surface area contributed by atoms with E-state index in [9.17, 15) is 13.2 Å². The zero-order valence-corrected chi connectivity index (χ0v) is 13.7. The molecule has 0 aliphatic heterocycles. The van der Waals surface area contributed by atoms with Crippen LogP contribution in [0.2, 0.25) is 0 Å². The van der Waals surface area contributed by atoms with E-state index in [0.29, 0.717) is 5.92 Å². The molecule has 1 saturated carbocycles. The zero-order chi connectivity index (χ0) is 15.4. The first-order valence-electron chi connectivity index (χ1n) is 7.10. The zero-order valence-electron chi connectivity index (χ0n) is 12.8. The topological polar surface area (TPSA) is 69.7 Å². The van der Waals surface area contributed by atoms with Gasteiger partial charge in [-0.15, -0.1) is 0 Å². The smallest absolute Gasteiger partial charge is 0.308 e. The summed E-state index contributed by atoms with van der Waals surface area (Å²) in [5.74, 6) is -0.00465. The van der Waals surface area contributed by atoms with Crippen LogP contribution < -0.4 is 0 Å². The second-order valence-electron chi connectivity index (χ2n) is 6.51. The number of rotatable bonds is 5. The Hall–Kier alpha value is -0.620. The Kier molecular flexibility index (Phi) is 6.01. The van der Waals surface area contributed by atoms with E-state index in [0.717, 1.165) is 32.8 Å². The molecule has 0 aromatic heterocycles. The highest BCUT2D eigenvalue weighted by Gasteiger charge is 2.33. The number of hydrogen-bond acceptors (Lipinski definition) is 5. The molecule has 0 amide bonds. The van der Waals surface area contributed by atoms with Gasteiger partial charge in [-0.1, -0.05) is 20.8 Å². The van der Waals surface area contributed by atoms with Gasteiger partial charge in [0.15, 0.2) is 0 Å². The van der Waals surface area contributed by atoms with Crippen molar-refractivity contribution in [2.24, 2.45) is 17.3 Å². The maximum absolute atomic E-state index is 11.9. The largest absolute Gasteiger partial charge is 0.464 e. The molecule has 5 nitrogen and oxygen atoms in total. The molecule has 0 aromatic carbocycles. The average molecular weight is 306 g/mol. The van der Waals surface area contributed by atoms with Crippen LogP contribution in [-0.2, 0) is 23.8 Å². The van der Waals surface area contributed by atoms with Gasteiger partial charge in [0.2, 0.25) is 0 Å². The third kappa shape index (κ3) is 5.40. The number of ether oxygens (including phenoxy) is 1. The van der Waals surface area contributed by atoms with Gasteiger partial charge in [0.05, 0.1) is 13.0 Å². The van der Waals surface area contributed by atoms with Crippen molar-refractivity contribution in [2.75, 3.05) is 19.5 Å². The van der Waals surface area contributed by atoms with E-state index in [1.54, 1.807) is 0 Å². The molecule has 1 rings (SSSR count). The summed E-state index contributed by atoms with van der Waals surface area (Å²) in [4.78, 5) is 11.9. The molecule has 1 aliphatic carbocycles. The molecule has 118 valence electrons. The third-order valence-electron chi connectivity index (χ3n) is 4.12. The standard InChI is InChI=1S/C14H26O5S/c1-14(2,3)12-7-5-11(6-8-12)13(15)19-9-10-20(16,17)18-4/h11-12H,5-10H2,1-4H3. The molecule has 20 heavy (non-hydrogen) atoms. The maximum Gasteiger partial charge on any atom is 0.308 e. The minimum absolute atomic E-state index is 0.0844. The Morgan fingerprint density at radius 1 is 1.15 bits per heavy atom. The van der Waals surface area contributed by atoms with Crippen LogP contribution in [-0.4, -0.2) is 33.9 Å². The van der Waals surface area contributed by atoms with Gasteiger partial charge in [0.25, 0.3) is 10.1 Å². The van der Waals surface area contributed by atoms with Crippen LogP contribution in [0.5, 0.6) is 0 Å². The minimum atomic E-state index is -3.55. The van der Waals surface area contributed by atoms with Crippen molar-refractivity contribution in [3.63, 3.8) is 0 Å². The van der Waals surface area contributed by atoms with Crippen molar-refractivity contribution in [2.45, 2.75) is 46.5 Å². The average Bonchev–Trinajstić information content (AvgIpc) is 2.37. The number of esters is 1. The van der Waals surface area contributed by atoms with Crippen molar-refractivity contribution in [3.8, 4) is 0 Å². The van der Waals surface area contributed by atoms with Gasteiger partial charge in [-0.25, -0.2) is 0 Å². The maximum atomic E-state index is 11.9. The predicted molar refractivity (Wildman–Crippen MR) is 76.7 cm³/mol. The lowest BCUT2D eigenvalue weighted by atomic mass is 9.70. The molecule has 0 aromatic rings. The highest BCUT2D eigenvalue weighted by molar-refractivity contribution is 7.86. The van der Waals surface area contributed by atoms with E-state index in [1.807, 2.05) is 0 Å². The minimum Gasteiger partial charge on any atom is -0.464 e. The molecule has 1 fully saturated rings. The van der Waals surface area contributed by atoms with E-state index >= 15 is 0 Å². The summed E-state index contributed by atoms with van der Waals surface area (Å²) in [5.41, 5.74) is 0.279. The highest BCUT2D eigenvalue weighted by atomic mass is 32.2. The fraction of sp³-hybridized carbons (Fsp3) is 0.929. The van der Waals surface area contributed by atoms with Crippen LogP contribution in [0.15, 0.2) is 0 Å². The van der Waals surface area contributed by atoms with Crippen LogP contribution in [0, 0.1) is 17.3 Å². The second-order valence-corrected chi connectivity index (χ2v) is 8.37. The van der Waals surface area contributed by atoms with Crippen molar-refractivity contribution in [1.29, 1.82) is 0 Å². The van der Waals surface area contributed by atoms with Gasteiger partial charge in [-0.2, -0.15) is 8.42 Å². The number of hydrogen-bond donors (Lipinski definition) is 0. The Morgan fingerprint density at radius 2 is 1.70 bits per heavy atom. The van der Waals surface area contributed by atoms with Gasteiger partial charge >= 0.3 is 5.97 Å². The molecule has 0 unspecified atom stereocenters. The van der Waals surface area contributed by atoms with Crippen molar-refractivity contribution in [1.82, 2.24) is 0 Å². The molecular formula is C14H26O5S. The Labute approximate surface area is 122 Å². The Balaban J connectivity index is 2.33. The second kappa shape index (κ2) is 6.89. The van der Waals surface area contributed by atoms with Crippen LogP contribution >= 0.6 is 0 Å². The van der Waals surface area contributed by atoms with Crippen molar-refractivity contribution in [3.05, 3.63) is 0 Å². The molecule has 0 bridgehead atoms. The first kappa shape index (κ1) is 17.4. The Bertz CT molecular complexity index is 413. The van der Waals surface area contributed by atoms with E-state index in [2.05, 4.69) is 25.0 Å². The van der Waals surface area contributed by atoms with Crippen LogP contribution in [0.4, 0.5) is 0 Å². The SMILES string of the molecule is COS(=O)(=O)CCOC(=O)C1CCC(C(C)(C)C)CC1. The quantitative estimate of drug-likeness (QED) is 0.576. The summed E-state index contributed by atoms with van der Waals surface area (Å²) in [5, 5.41) is 0. The molecule has 6 heteroatoms. The van der Waals surface area contributed by atoms with Crippen LogP contribution in [0.1, 0.15) is 46.5 Å². The molecule has 0 atom stereocenters. The lowest BCUT2D eigenvalue weighted by molar-refractivity contribution is -0.149. The number of carbonyl (C=O) groups excluding carboxylic acids is 1. The molecule has 0 saturated heterocycles. The van der Waals surface area contributed by atoms with E-state index in [1.165, 1.54) is 0 Å². The monoisotopic (exact) mass is 306 g/mol. The van der Waals surface area contributed by atoms with Crippen molar-refractivity contribution < 1.29 is 22.1 Å². The van der Waals surface area contributed by atoms with Crippen LogP contribution in [0.25, 0.3) is 0 Å². The number of carbonyl (C=O) groups is 1. The highest BCUT2D eigenvalue weighted by Crippen LogP contribution is 2.40. The molecule has 0 radical (unpaired) electrons. The first-order valence-corrected chi connectivity index (χ1v) is 8.68. The Morgan fingerprint density at radius 3 is 2.15 bits per heavy atom. The lowest BCUT2D eigenvalue weighted by Crippen LogP contribution is -2.30. The molecular weight excluding hydrogens is 280 g/mol. The summed E-state index contributed by atoms with van der Waals surface area (Å²) in [6.45, 7) is 6.55. The normalized spacial score (nSPS) is 24.4. The van der Waals surface area contributed by atoms with E-state index in [4.69, 9.17) is 4.74 Å². The van der Waals surface area contributed by atoms with Gasteiger partial charge in [-0.3, -0.25) is 8.98 Å². The summed E-state index contributed by atoms with van der Waals surface area (Å²) in [6.07, 6.45) is 3.72. The van der Waals surface area contributed by atoms with Gasteiger partial charge in [-0.05, 0) is 37.0 Å². The summed E-state index contributed by atoms with van der Waals surface area (Å²) in [7, 11) is -2.45. The molecule has 1 aliphatic rings. The van der Waals surface area contributed by atoms with Gasteiger partial charge in [0.1, 0.15) is 12.4 Å². The first-order chi connectivity index (χ1) is 9.15. The fourth-order valence-electron chi connectivity index (χ4n) is 2.64. The summed E-state index contributed by atoms with van der Waals surface area (Å²) < 4.78 is 31.5.